The Balaban J connectivity index is 1.63. The van der Waals surface area contributed by atoms with E-state index in [0.717, 1.165) is 16.8 Å². The Bertz CT molecular complexity index is 1820. The molecule has 5 nitrogen and oxygen atoms in total. The number of nitrogens with zero attached hydrogens (tertiary/aromatic N) is 3. The first kappa shape index (κ1) is 27.5. The van der Waals surface area contributed by atoms with E-state index in [9.17, 15) is 22.4 Å². The van der Waals surface area contributed by atoms with E-state index in [0.29, 0.717) is 26.1 Å². The molecular formula is C29H17BrClF4N3O2. The van der Waals surface area contributed by atoms with Crippen molar-refractivity contribution >= 4 is 44.6 Å². The third-order valence-corrected chi connectivity index (χ3v) is 6.69. The van der Waals surface area contributed by atoms with Crippen molar-refractivity contribution in [3.63, 3.8) is 0 Å². The molecule has 0 fully saturated rings. The lowest BCUT2D eigenvalue weighted by molar-refractivity contribution is -0.137. The normalized spacial score (nSPS) is 11.8. The van der Waals surface area contributed by atoms with Gasteiger partial charge < -0.3 is 4.74 Å². The van der Waals surface area contributed by atoms with Crippen LogP contribution in [0.4, 0.5) is 17.6 Å². The van der Waals surface area contributed by atoms with E-state index in [1.165, 1.54) is 30.5 Å². The van der Waals surface area contributed by atoms with Crippen LogP contribution >= 0.6 is 27.5 Å². The average molecular weight is 631 g/mol. The van der Waals surface area contributed by atoms with Gasteiger partial charge in [0.1, 0.15) is 18.2 Å². The highest BCUT2D eigenvalue weighted by atomic mass is 79.9. The van der Waals surface area contributed by atoms with Gasteiger partial charge >= 0.3 is 6.18 Å². The van der Waals surface area contributed by atoms with Gasteiger partial charge in [0.25, 0.3) is 5.56 Å². The van der Waals surface area contributed by atoms with Crippen molar-refractivity contribution in [2.75, 3.05) is 0 Å². The second-order valence-electron chi connectivity index (χ2n) is 8.58. The largest absolute Gasteiger partial charge is 0.487 e. The monoisotopic (exact) mass is 629 g/mol. The Morgan fingerprint density at radius 1 is 1.00 bits per heavy atom. The summed E-state index contributed by atoms with van der Waals surface area (Å²) in [5.41, 5.74) is -0.515. The summed E-state index contributed by atoms with van der Waals surface area (Å²) in [4.78, 5) is 17.9. The molecule has 0 unspecified atom stereocenters. The van der Waals surface area contributed by atoms with Gasteiger partial charge in [0, 0.05) is 21.7 Å². The molecular weight excluding hydrogens is 614 g/mol. The molecule has 4 aromatic carbocycles. The third kappa shape index (κ3) is 5.78. The summed E-state index contributed by atoms with van der Waals surface area (Å²) >= 11 is 9.64. The number of rotatable bonds is 6. The second-order valence-corrected chi connectivity index (χ2v) is 9.87. The fraction of sp³-hybridized carbons (Fsp3) is 0.0690. The SMILES string of the molecule is O=c1c2ccccc2nc(-c2cccc(C(F)(F)F)c2)n1N=Cc1cc(Cl)cc(Br)c1OCc1ccccc1F. The molecule has 0 radical (unpaired) electrons. The van der Waals surface area contributed by atoms with Gasteiger partial charge in [-0.1, -0.05) is 54.1 Å². The molecule has 11 heteroatoms. The lowest BCUT2D eigenvalue weighted by Gasteiger charge is -2.14. The van der Waals surface area contributed by atoms with Crippen LogP contribution in [0.2, 0.25) is 5.02 Å². The van der Waals surface area contributed by atoms with Crippen molar-refractivity contribution in [1.82, 2.24) is 9.66 Å². The molecule has 1 heterocycles. The van der Waals surface area contributed by atoms with Crippen LogP contribution in [-0.2, 0) is 12.8 Å². The number of hydrogen-bond acceptors (Lipinski definition) is 4. The molecule has 0 aliphatic rings. The highest BCUT2D eigenvalue weighted by Crippen LogP contribution is 2.34. The van der Waals surface area contributed by atoms with E-state index < -0.39 is 23.1 Å². The van der Waals surface area contributed by atoms with Crippen molar-refractivity contribution in [1.29, 1.82) is 0 Å². The minimum absolute atomic E-state index is 0.0399. The lowest BCUT2D eigenvalue weighted by atomic mass is 10.1. The number of alkyl halides is 3. The number of hydrogen-bond donors (Lipinski definition) is 0. The van der Waals surface area contributed by atoms with Crippen LogP contribution in [0.25, 0.3) is 22.3 Å². The summed E-state index contributed by atoms with van der Waals surface area (Å²) in [6.07, 6.45) is -3.32. The molecule has 5 aromatic rings. The Morgan fingerprint density at radius 3 is 2.52 bits per heavy atom. The maximum atomic E-state index is 14.2. The first-order valence-corrected chi connectivity index (χ1v) is 12.9. The molecule has 0 atom stereocenters. The molecule has 1 aromatic heterocycles. The number of para-hydroxylation sites is 1. The van der Waals surface area contributed by atoms with Crippen LogP contribution in [0.3, 0.4) is 0 Å². The molecule has 0 saturated carbocycles. The zero-order chi connectivity index (χ0) is 28.4. The molecule has 202 valence electrons. The van der Waals surface area contributed by atoms with Crippen molar-refractivity contribution in [2.45, 2.75) is 12.8 Å². The smallest absolute Gasteiger partial charge is 0.416 e. The van der Waals surface area contributed by atoms with E-state index >= 15 is 0 Å². The van der Waals surface area contributed by atoms with Gasteiger partial charge in [0.15, 0.2) is 5.82 Å². The molecule has 0 aliphatic heterocycles. The zero-order valence-electron chi connectivity index (χ0n) is 20.3. The number of halogens is 6. The van der Waals surface area contributed by atoms with E-state index in [4.69, 9.17) is 16.3 Å². The van der Waals surface area contributed by atoms with E-state index in [2.05, 4.69) is 26.0 Å². The number of aromatic nitrogens is 2. The van der Waals surface area contributed by atoms with Crippen molar-refractivity contribution in [2.24, 2.45) is 5.10 Å². The van der Waals surface area contributed by atoms with E-state index in [1.54, 1.807) is 48.5 Å². The van der Waals surface area contributed by atoms with Crippen molar-refractivity contribution < 1.29 is 22.3 Å². The van der Waals surface area contributed by atoms with Gasteiger partial charge in [-0.15, -0.1) is 0 Å². The molecule has 40 heavy (non-hydrogen) atoms. The summed E-state index contributed by atoms with van der Waals surface area (Å²) < 4.78 is 61.8. The molecule has 0 amide bonds. The van der Waals surface area contributed by atoms with Gasteiger partial charge in [0.05, 0.1) is 27.2 Å². The zero-order valence-corrected chi connectivity index (χ0v) is 22.6. The number of fused-ring (bicyclic) bond motifs is 1. The van der Waals surface area contributed by atoms with Crippen LogP contribution in [0.1, 0.15) is 16.7 Å². The molecule has 0 saturated heterocycles. The number of ether oxygens (including phenoxy) is 1. The average Bonchev–Trinajstić information content (AvgIpc) is 2.92. The van der Waals surface area contributed by atoms with Crippen LogP contribution in [-0.4, -0.2) is 15.9 Å². The van der Waals surface area contributed by atoms with Crippen LogP contribution in [0.15, 0.2) is 99.3 Å². The highest BCUT2D eigenvalue weighted by molar-refractivity contribution is 9.10. The molecule has 0 bridgehead atoms. The summed E-state index contributed by atoms with van der Waals surface area (Å²) in [5, 5.41) is 4.85. The van der Waals surface area contributed by atoms with Gasteiger partial charge in [-0.05, 0) is 58.4 Å². The van der Waals surface area contributed by atoms with Crippen molar-refractivity contribution in [3.8, 4) is 17.1 Å². The highest BCUT2D eigenvalue weighted by Gasteiger charge is 2.31. The predicted octanol–water partition coefficient (Wildman–Crippen LogP) is 8.10. The van der Waals surface area contributed by atoms with Gasteiger partial charge in [-0.25, -0.2) is 9.37 Å². The maximum absolute atomic E-state index is 14.2. The van der Waals surface area contributed by atoms with Crippen molar-refractivity contribution in [3.05, 3.63) is 127 Å². The first-order valence-electron chi connectivity index (χ1n) is 11.7. The molecule has 0 aliphatic carbocycles. The lowest BCUT2D eigenvalue weighted by Crippen LogP contribution is -2.20. The fourth-order valence-electron chi connectivity index (χ4n) is 3.97. The van der Waals surface area contributed by atoms with E-state index in [1.807, 2.05) is 0 Å². The van der Waals surface area contributed by atoms with Gasteiger partial charge in [-0.2, -0.15) is 22.9 Å². The quantitative estimate of drug-likeness (QED) is 0.141. The molecule has 5 rings (SSSR count). The summed E-state index contributed by atoms with van der Waals surface area (Å²) in [6, 6.07) is 20.2. The van der Waals surface area contributed by atoms with Gasteiger partial charge in [0.2, 0.25) is 0 Å². The van der Waals surface area contributed by atoms with Crippen LogP contribution in [0, 0.1) is 5.82 Å². The minimum Gasteiger partial charge on any atom is -0.487 e. The maximum Gasteiger partial charge on any atom is 0.416 e. The Labute approximate surface area is 238 Å². The van der Waals surface area contributed by atoms with Crippen LogP contribution in [0.5, 0.6) is 5.75 Å². The molecule has 0 spiro atoms. The van der Waals surface area contributed by atoms with Crippen LogP contribution < -0.4 is 10.3 Å². The minimum atomic E-state index is -4.60. The Kier molecular flexibility index (Phi) is 7.73. The predicted molar refractivity (Wildman–Crippen MR) is 149 cm³/mol. The second kappa shape index (κ2) is 11.2. The summed E-state index contributed by atoms with van der Waals surface area (Å²) in [7, 11) is 0. The summed E-state index contributed by atoms with van der Waals surface area (Å²) in [5.74, 6) is -0.276. The molecule has 0 N–H and O–H groups in total. The van der Waals surface area contributed by atoms with Gasteiger partial charge in [-0.3, -0.25) is 4.79 Å². The van der Waals surface area contributed by atoms with E-state index in [-0.39, 0.29) is 29.1 Å². The topological polar surface area (TPSA) is 56.5 Å². The standard InChI is InChI=1S/C29H17BrClF4N3O2/c30-23-14-21(31)13-19(26(23)40-16-18-6-1-3-10-24(18)32)15-36-38-27(17-7-5-8-20(12-17)29(33,34)35)37-25-11-4-2-9-22(25)28(38)39/h1-15H,16H2. The Hall–Kier alpha value is -4.02. The first-order chi connectivity index (χ1) is 19.1. The fourth-order valence-corrected chi connectivity index (χ4v) is 4.91. The third-order valence-electron chi connectivity index (χ3n) is 5.88. The Morgan fingerprint density at radius 2 is 1.75 bits per heavy atom. The number of benzene rings is 4. The summed E-state index contributed by atoms with van der Waals surface area (Å²) in [6.45, 7) is -0.110.